The molecule has 0 unspecified atom stereocenters. The molecule has 2 amide bonds. The number of nitrogens with one attached hydrogen (secondary N) is 1. The molecule has 1 heterocycles. The molecule has 1 N–H and O–H groups in total. The zero-order chi connectivity index (χ0) is 13.9. The highest BCUT2D eigenvalue weighted by Crippen LogP contribution is 2.28. The van der Waals surface area contributed by atoms with Crippen LogP contribution >= 0.6 is 0 Å². The van der Waals surface area contributed by atoms with Gasteiger partial charge in [-0.15, -0.1) is 0 Å². The number of anilines is 2. The summed E-state index contributed by atoms with van der Waals surface area (Å²) < 4.78 is 0. The molecule has 0 saturated carbocycles. The average molecular weight is 263 g/mol. The summed E-state index contributed by atoms with van der Waals surface area (Å²) in [6.07, 6.45) is 0.877. The van der Waals surface area contributed by atoms with Crippen molar-refractivity contribution in [3.8, 4) is 6.07 Å². The number of carbonyl (C=O) groups is 1. The second kappa shape index (κ2) is 5.06. The molecular weight excluding hydrogens is 250 g/mol. The molecule has 0 fully saturated rings. The number of fused-ring (bicyclic) bond motifs is 1. The number of nitrogens with zero attached hydrogens (tertiary/aromatic N) is 2. The van der Waals surface area contributed by atoms with E-state index in [-0.39, 0.29) is 6.03 Å². The molecule has 1 aliphatic heterocycles. The van der Waals surface area contributed by atoms with Gasteiger partial charge in [-0.3, -0.25) is 4.90 Å². The van der Waals surface area contributed by atoms with E-state index < -0.39 is 0 Å². The van der Waals surface area contributed by atoms with Crippen LogP contribution in [0.2, 0.25) is 0 Å². The first-order valence-electron chi connectivity index (χ1n) is 6.44. The Morgan fingerprint density at radius 3 is 2.90 bits per heavy atom. The van der Waals surface area contributed by atoms with Gasteiger partial charge in [-0.05, 0) is 36.2 Å². The number of carbonyl (C=O) groups excluding carboxylic acids is 1. The average Bonchev–Trinajstić information content (AvgIpc) is 2.91. The first-order valence-corrected chi connectivity index (χ1v) is 6.44. The van der Waals surface area contributed by atoms with Crippen LogP contribution in [0.15, 0.2) is 48.5 Å². The molecule has 0 aromatic heterocycles. The van der Waals surface area contributed by atoms with Crippen molar-refractivity contribution in [3.05, 3.63) is 59.7 Å². The maximum atomic E-state index is 12.3. The fraction of sp³-hybridized carbons (Fsp3) is 0.125. The summed E-state index contributed by atoms with van der Waals surface area (Å²) in [5.41, 5.74) is 3.32. The quantitative estimate of drug-likeness (QED) is 0.859. The minimum Gasteiger partial charge on any atom is -0.307 e. The van der Waals surface area contributed by atoms with E-state index >= 15 is 0 Å². The zero-order valence-electron chi connectivity index (χ0n) is 10.8. The molecule has 4 heteroatoms. The van der Waals surface area contributed by atoms with Gasteiger partial charge in [-0.25, -0.2) is 4.79 Å². The minimum absolute atomic E-state index is 0.162. The Bertz CT molecular complexity index is 703. The smallest absolute Gasteiger partial charge is 0.307 e. The Labute approximate surface area is 117 Å². The van der Waals surface area contributed by atoms with Crippen LogP contribution < -0.4 is 10.2 Å². The number of nitriles is 1. The van der Waals surface area contributed by atoms with E-state index in [1.807, 2.05) is 24.3 Å². The molecule has 0 spiro atoms. The maximum Gasteiger partial charge on any atom is 0.326 e. The molecule has 2 aromatic rings. The van der Waals surface area contributed by atoms with Crippen molar-refractivity contribution in [2.75, 3.05) is 16.8 Å². The number of para-hydroxylation sites is 1. The summed E-state index contributed by atoms with van der Waals surface area (Å²) >= 11 is 0. The standard InChI is InChI=1S/C16H13N3O/c17-11-12-4-3-6-14(10-12)18-16(20)19-9-8-13-5-1-2-7-15(13)19/h1-7,10H,8-9H2,(H,18,20). The van der Waals surface area contributed by atoms with E-state index in [4.69, 9.17) is 5.26 Å². The fourth-order valence-corrected chi connectivity index (χ4v) is 2.41. The summed E-state index contributed by atoms with van der Waals surface area (Å²) in [7, 11) is 0. The Balaban J connectivity index is 1.79. The molecule has 0 bridgehead atoms. The lowest BCUT2D eigenvalue weighted by Gasteiger charge is -2.18. The highest BCUT2D eigenvalue weighted by Gasteiger charge is 2.23. The highest BCUT2D eigenvalue weighted by atomic mass is 16.2. The number of urea groups is 1. The maximum absolute atomic E-state index is 12.3. The third-order valence-corrected chi connectivity index (χ3v) is 3.38. The van der Waals surface area contributed by atoms with Crippen LogP contribution in [0.25, 0.3) is 0 Å². The topological polar surface area (TPSA) is 56.1 Å². The van der Waals surface area contributed by atoms with E-state index in [0.717, 1.165) is 12.1 Å². The second-order valence-electron chi connectivity index (χ2n) is 4.65. The van der Waals surface area contributed by atoms with Gasteiger partial charge in [0.2, 0.25) is 0 Å². The normalized spacial score (nSPS) is 12.7. The van der Waals surface area contributed by atoms with Crippen molar-refractivity contribution >= 4 is 17.4 Å². The monoisotopic (exact) mass is 263 g/mol. The van der Waals surface area contributed by atoms with E-state index in [0.29, 0.717) is 17.8 Å². The molecule has 0 aliphatic carbocycles. The molecule has 4 nitrogen and oxygen atoms in total. The predicted octanol–water partition coefficient (Wildman–Crippen LogP) is 3.15. The van der Waals surface area contributed by atoms with Gasteiger partial charge in [0.1, 0.15) is 0 Å². The van der Waals surface area contributed by atoms with Gasteiger partial charge in [0.15, 0.2) is 0 Å². The van der Waals surface area contributed by atoms with Crippen molar-refractivity contribution < 1.29 is 4.79 Å². The first kappa shape index (κ1) is 12.2. The lowest BCUT2D eigenvalue weighted by atomic mass is 10.2. The van der Waals surface area contributed by atoms with Crippen molar-refractivity contribution in [2.24, 2.45) is 0 Å². The molecule has 3 rings (SSSR count). The van der Waals surface area contributed by atoms with Crippen LogP contribution in [0, 0.1) is 11.3 Å². The van der Waals surface area contributed by atoms with Crippen LogP contribution in [0.3, 0.4) is 0 Å². The molecule has 1 aliphatic rings. The molecule has 2 aromatic carbocycles. The van der Waals surface area contributed by atoms with Crippen molar-refractivity contribution in [1.29, 1.82) is 5.26 Å². The van der Waals surface area contributed by atoms with Crippen molar-refractivity contribution in [1.82, 2.24) is 0 Å². The molecule has 0 radical (unpaired) electrons. The van der Waals surface area contributed by atoms with E-state index in [1.165, 1.54) is 5.56 Å². The summed E-state index contributed by atoms with van der Waals surface area (Å²) in [6, 6.07) is 16.7. The SMILES string of the molecule is N#Cc1cccc(NC(=O)N2CCc3ccccc32)c1. The molecule has 98 valence electrons. The summed E-state index contributed by atoms with van der Waals surface area (Å²) in [6.45, 7) is 0.684. The lowest BCUT2D eigenvalue weighted by Crippen LogP contribution is -2.33. The van der Waals surface area contributed by atoms with Gasteiger partial charge >= 0.3 is 6.03 Å². The summed E-state index contributed by atoms with van der Waals surface area (Å²) in [5.74, 6) is 0. The van der Waals surface area contributed by atoms with Gasteiger partial charge in [0.05, 0.1) is 11.6 Å². The van der Waals surface area contributed by atoms with Crippen LogP contribution in [0.1, 0.15) is 11.1 Å². The number of rotatable bonds is 1. The zero-order valence-corrected chi connectivity index (χ0v) is 10.8. The number of amides is 2. The van der Waals surface area contributed by atoms with Gasteiger partial charge in [-0.1, -0.05) is 24.3 Å². The van der Waals surface area contributed by atoms with Gasteiger partial charge in [-0.2, -0.15) is 5.26 Å². The highest BCUT2D eigenvalue weighted by molar-refractivity contribution is 6.03. The summed E-state index contributed by atoms with van der Waals surface area (Å²) in [4.78, 5) is 14.0. The number of hydrogen-bond acceptors (Lipinski definition) is 2. The van der Waals surface area contributed by atoms with Crippen LogP contribution in [0.5, 0.6) is 0 Å². The first-order chi connectivity index (χ1) is 9.78. The van der Waals surface area contributed by atoms with E-state index in [1.54, 1.807) is 29.2 Å². The minimum atomic E-state index is -0.162. The molecule has 0 saturated heterocycles. The fourth-order valence-electron chi connectivity index (χ4n) is 2.41. The predicted molar refractivity (Wildman–Crippen MR) is 77.7 cm³/mol. The number of benzene rings is 2. The Morgan fingerprint density at radius 2 is 2.05 bits per heavy atom. The van der Waals surface area contributed by atoms with E-state index in [2.05, 4.69) is 11.4 Å². The number of hydrogen-bond donors (Lipinski definition) is 1. The van der Waals surface area contributed by atoms with Gasteiger partial charge < -0.3 is 5.32 Å². The van der Waals surface area contributed by atoms with Crippen molar-refractivity contribution in [2.45, 2.75) is 6.42 Å². The Kier molecular flexibility index (Phi) is 3.10. The van der Waals surface area contributed by atoms with Gasteiger partial charge in [0, 0.05) is 17.9 Å². The van der Waals surface area contributed by atoms with Crippen molar-refractivity contribution in [3.63, 3.8) is 0 Å². The lowest BCUT2D eigenvalue weighted by molar-refractivity contribution is 0.257. The molecular formula is C16H13N3O. The largest absolute Gasteiger partial charge is 0.326 e. The van der Waals surface area contributed by atoms with Crippen LogP contribution in [0.4, 0.5) is 16.2 Å². The van der Waals surface area contributed by atoms with Crippen LogP contribution in [-0.4, -0.2) is 12.6 Å². The summed E-state index contributed by atoms with van der Waals surface area (Å²) in [5, 5.41) is 11.7. The van der Waals surface area contributed by atoms with Crippen LogP contribution in [-0.2, 0) is 6.42 Å². The Hall–Kier alpha value is -2.80. The molecule has 0 atom stereocenters. The van der Waals surface area contributed by atoms with E-state index in [9.17, 15) is 4.79 Å². The third kappa shape index (κ3) is 2.21. The van der Waals surface area contributed by atoms with Gasteiger partial charge in [0.25, 0.3) is 0 Å². The Morgan fingerprint density at radius 1 is 1.20 bits per heavy atom. The second-order valence-corrected chi connectivity index (χ2v) is 4.65. The third-order valence-electron chi connectivity index (χ3n) is 3.38. The molecule has 20 heavy (non-hydrogen) atoms.